The average Bonchev–Trinajstić information content (AvgIpc) is 2.41. The fraction of sp³-hybridized carbons (Fsp3) is 0.667. The van der Waals surface area contributed by atoms with Gasteiger partial charge in [0.1, 0.15) is 0 Å². The van der Waals surface area contributed by atoms with E-state index in [2.05, 4.69) is 45.0 Å². The molecule has 0 aromatic heterocycles. The zero-order valence-corrected chi connectivity index (χ0v) is 12.7. The van der Waals surface area contributed by atoms with Crippen molar-refractivity contribution in [2.75, 3.05) is 6.54 Å². The molecule has 0 aliphatic heterocycles. The second kappa shape index (κ2) is 6.56. The van der Waals surface area contributed by atoms with Crippen LogP contribution in [-0.4, -0.2) is 6.54 Å². The molecule has 2 rings (SSSR count). The summed E-state index contributed by atoms with van der Waals surface area (Å²) in [5, 5.41) is 0. The van der Waals surface area contributed by atoms with Crippen LogP contribution in [0.4, 0.5) is 0 Å². The van der Waals surface area contributed by atoms with Crippen molar-refractivity contribution in [3.8, 4) is 0 Å². The molecule has 19 heavy (non-hydrogen) atoms. The highest BCUT2D eigenvalue weighted by Crippen LogP contribution is 2.39. The first-order valence-electron chi connectivity index (χ1n) is 7.86. The zero-order valence-electron chi connectivity index (χ0n) is 12.7. The molecule has 0 amide bonds. The van der Waals surface area contributed by atoms with Gasteiger partial charge in [-0.25, -0.2) is 0 Å². The predicted molar refractivity (Wildman–Crippen MR) is 83.1 cm³/mol. The minimum Gasteiger partial charge on any atom is -0.330 e. The summed E-state index contributed by atoms with van der Waals surface area (Å²) in [6.07, 6.45) is 5.30. The summed E-state index contributed by atoms with van der Waals surface area (Å²) in [7, 11) is 0. The van der Waals surface area contributed by atoms with Crippen molar-refractivity contribution in [1.29, 1.82) is 0 Å². The summed E-state index contributed by atoms with van der Waals surface area (Å²) in [6, 6.07) is 8.83. The van der Waals surface area contributed by atoms with Crippen molar-refractivity contribution in [2.45, 2.75) is 46.5 Å². The Hall–Kier alpha value is -0.820. The average molecular weight is 259 g/mol. The van der Waals surface area contributed by atoms with Gasteiger partial charge < -0.3 is 5.73 Å². The Kier molecular flexibility index (Phi) is 5.04. The molecule has 3 unspecified atom stereocenters. The normalized spacial score (nSPS) is 27.7. The molecule has 1 aliphatic rings. The van der Waals surface area contributed by atoms with Crippen LogP contribution >= 0.6 is 0 Å². The third-order valence-corrected chi connectivity index (χ3v) is 5.17. The molecule has 3 atom stereocenters. The van der Waals surface area contributed by atoms with Crippen LogP contribution in [0.3, 0.4) is 0 Å². The molecule has 1 nitrogen and oxygen atoms in total. The number of benzene rings is 1. The standard InChI is InChI=1S/C18H29N/c1-13(2)15-8-9-17(12-19)18(10-15)11-16-7-5-4-6-14(16)3/h4-7,13,15,17-18H,8-12,19H2,1-3H3. The van der Waals surface area contributed by atoms with Gasteiger partial charge in [-0.2, -0.15) is 0 Å². The van der Waals surface area contributed by atoms with Crippen LogP contribution in [0.25, 0.3) is 0 Å². The third-order valence-electron chi connectivity index (χ3n) is 5.17. The van der Waals surface area contributed by atoms with Crippen molar-refractivity contribution in [1.82, 2.24) is 0 Å². The van der Waals surface area contributed by atoms with E-state index in [-0.39, 0.29) is 0 Å². The lowest BCUT2D eigenvalue weighted by atomic mass is 9.68. The number of aryl methyl sites for hydroxylation is 1. The molecule has 0 saturated heterocycles. The molecule has 0 spiro atoms. The number of rotatable bonds is 4. The Bertz CT molecular complexity index is 396. The smallest absolute Gasteiger partial charge is 0.00461 e. The molecule has 0 radical (unpaired) electrons. The Labute approximate surface area is 118 Å². The van der Waals surface area contributed by atoms with Gasteiger partial charge in [0.25, 0.3) is 0 Å². The maximum Gasteiger partial charge on any atom is -0.00461 e. The molecule has 106 valence electrons. The van der Waals surface area contributed by atoms with Gasteiger partial charge in [-0.1, -0.05) is 38.1 Å². The van der Waals surface area contributed by atoms with E-state index in [1.165, 1.54) is 36.8 Å². The molecule has 1 aromatic carbocycles. The molecule has 1 aromatic rings. The van der Waals surface area contributed by atoms with Crippen molar-refractivity contribution in [2.24, 2.45) is 29.4 Å². The largest absolute Gasteiger partial charge is 0.330 e. The second-order valence-electron chi connectivity index (χ2n) is 6.70. The highest BCUT2D eigenvalue weighted by atomic mass is 14.6. The van der Waals surface area contributed by atoms with E-state index in [9.17, 15) is 0 Å². The van der Waals surface area contributed by atoms with E-state index >= 15 is 0 Å². The molecule has 1 saturated carbocycles. The first-order chi connectivity index (χ1) is 9.11. The van der Waals surface area contributed by atoms with E-state index in [0.29, 0.717) is 0 Å². The maximum absolute atomic E-state index is 6.01. The Morgan fingerprint density at radius 2 is 1.89 bits per heavy atom. The summed E-state index contributed by atoms with van der Waals surface area (Å²) in [5.74, 6) is 3.23. The monoisotopic (exact) mass is 259 g/mol. The zero-order chi connectivity index (χ0) is 13.8. The van der Waals surface area contributed by atoms with E-state index < -0.39 is 0 Å². The molecular formula is C18H29N. The van der Waals surface area contributed by atoms with Gasteiger partial charge in [0.15, 0.2) is 0 Å². The van der Waals surface area contributed by atoms with Gasteiger partial charge in [0.05, 0.1) is 0 Å². The predicted octanol–water partition coefficient (Wildman–Crippen LogP) is 4.18. The number of nitrogens with two attached hydrogens (primary N) is 1. The highest BCUT2D eigenvalue weighted by Gasteiger charge is 2.31. The Morgan fingerprint density at radius 1 is 1.16 bits per heavy atom. The van der Waals surface area contributed by atoms with Gasteiger partial charge in [0, 0.05) is 0 Å². The van der Waals surface area contributed by atoms with Gasteiger partial charge in [-0.3, -0.25) is 0 Å². The molecule has 2 N–H and O–H groups in total. The van der Waals surface area contributed by atoms with Crippen molar-refractivity contribution in [3.63, 3.8) is 0 Å². The number of hydrogen-bond donors (Lipinski definition) is 1. The summed E-state index contributed by atoms with van der Waals surface area (Å²) in [4.78, 5) is 0. The molecule has 1 fully saturated rings. The quantitative estimate of drug-likeness (QED) is 0.862. The molecular weight excluding hydrogens is 230 g/mol. The van der Waals surface area contributed by atoms with Crippen LogP contribution in [0, 0.1) is 30.6 Å². The summed E-state index contributed by atoms with van der Waals surface area (Å²) >= 11 is 0. The van der Waals surface area contributed by atoms with Gasteiger partial charge in [-0.15, -0.1) is 0 Å². The first-order valence-corrected chi connectivity index (χ1v) is 7.86. The van der Waals surface area contributed by atoms with E-state index in [4.69, 9.17) is 5.73 Å². The Morgan fingerprint density at radius 3 is 2.53 bits per heavy atom. The van der Waals surface area contributed by atoms with Crippen LogP contribution in [0.15, 0.2) is 24.3 Å². The van der Waals surface area contributed by atoms with Crippen molar-refractivity contribution < 1.29 is 0 Å². The number of hydrogen-bond acceptors (Lipinski definition) is 1. The summed E-state index contributed by atoms with van der Waals surface area (Å²) in [6.45, 7) is 7.84. The second-order valence-corrected chi connectivity index (χ2v) is 6.70. The van der Waals surface area contributed by atoms with Crippen LogP contribution in [0.1, 0.15) is 44.2 Å². The van der Waals surface area contributed by atoms with E-state index in [0.717, 1.165) is 30.2 Å². The maximum atomic E-state index is 6.01. The molecule has 0 heterocycles. The molecule has 0 bridgehead atoms. The third kappa shape index (κ3) is 3.60. The summed E-state index contributed by atoms with van der Waals surface area (Å²) in [5.41, 5.74) is 8.97. The van der Waals surface area contributed by atoms with E-state index in [1.54, 1.807) is 0 Å². The van der Waals surface area contributed by atoms with E-state index in [1.807, 2.05) is 0 Å². The molecule has 1 heteroatoms. The Balaban J connectivity index is 2.08. The topological polar surface area (TPSA) is 26.0 Å². The lowest BCUT2D eigenvalue weighted by Crippen LogP contribution is -2.33. The lowest BCUT2D eigenvalue weighted by Gasteiger charge is -2.37. The SMILES string of the molecule is Cc1ccccc1CC1CC(C(C)C)CCC1CN. The lowest BCUT2D eigenvalue weighted by molar-refractivity contribution is 0.151. The fourth-order valence-corrected chi connectivity index (χ4v) is 3.65. The minimum atomic E-state index is 0.731. The van der Waals surface area contributed by atoms with Gasteiger partial charge >= 0.3 is 0 Å². The van der Waals surface area contributed by atoms with Crippen LogP contribution in [0.2, 0.25) is 0 Å². The fourth-order valence-electron chi connectivity index (χ4n) is 3.65. The minimum absolute atomic E-state index is 0.731. The van der Waals surface area contributed by atoms with Crippen molar-refractivity contribution in [3.05, 3.63) is 35.4 Å². The summed E-state index contributed by atoms with van der Waals surface area (Å²) < 4.78 is 0. The first kappa shape index (κ1) is 14.6. The van der Waals surface area contributed by atoms with Gasteiger partial charge in [0.2, 0.25) is 0 Å². The van der Waals surface area contributed by atoms with Gasteiger partial charge in [-0.05, 0) is 74.0 Å². The van der Waals surface area contributed by atoms with Crippen molar-refractivity contribution >= 4 is 0 Å². The highest BCUT2D eigenvalue weighted by molar-refractivity contribution is 5.26. The van der Waals surface area contributed by atoms with Crippen LogP contribution in [0.5, 0.6) is 0 Å². The molecule has 1 aliphatic carbocycles. The van der Waals surface area contributed by atoms with Crippen LogP contribution < -0.4 is 5.73 Å². The van der Waals surface area contributed by atoms with Crippen LogP contribution in [-0.2, 0) is 6.42 Å².